The van der Waals surface area contributed by atoms with Crippen LogP contribution in [0.2, 0.25) is 0 Å². The molecule has 0 aliphatic carbocycles. The van der Waals surface area contributed by atoms with E-state index < -0.39 is 0 Å². The van der Waals surface area contributed by atoms with Crippen LogP contribution < -0.4 is 5.32 Å². The highest BCUT2D eigenvalue weighted by Crippen LogP contribution is 2.31. The van der Waals surface area contributed by atoms with Gasteiger partial charge in [0.05, 0.1) is 16.9 Å². The summed E-state index contributed by atoms with van der Waals surface area (Å²) in [7, 11) is 0. The van der Waals surface area contributed by atoms with Gasteiger partial charge in [0.25, 0.3) is 0 Å². The summed E-state index contributed by atoms with van der Waals surface area (Å²) in [5.41, 5.74) is 3.87. The number of benzene rings is 2. The summed E-state index contributed by atoms with van der Waals surface area (Å²) in [5, 5.41) is 12.4. The Morgan fingerprint density at radius 1 is 1.18 bits per heavy atom. The molecule has 0 amide bonds. The number of amidine groups is 1. The van der Waals surface area contributed by atoms with E-state index in [1.165, 1.54) is 0 Å². The third kappa shape index (κ3) is 3.00. The predicted octanol–water partition coefficient (Wildman–Crippen LogP) is 3.32. The van der Waals surface area contributed by atoms with Crippen LogP contribution >= 0.6 is 12.6 Å². The highest BCUT2D eigenvalue weighted by Gasteiger charge is 2.17. The van der Waals surface area contributed by atoms with Crippen molar-refractivity contribution in [2.75, 3.05) is 13.1 Å². The minimum atomic E-state index is -0.0871. The van der Waals surface area contributed by atoms with Gasteiger partial charge in [-0.1, -0.05) is 36.4 Å². The molecule has 3 nitrogen and oxygen atoms in total. The first-order chi connectivity index (χ1) is 10.8. The highest BCUT2D eigenvalue weighted by molar-refractivity contribution is 7.80. The molecule has 2 aromatic rings. The molecule has 4 heteroatoms. The second-order valence-corrected chi connectivity index (χ2v) is 5.75. The number of hydrogen-bond donors (Lipinski definition) is 2. The summed E-state index contributed by atoms with van der Waals surface area (Å²) < 4.78 is 0. The van der Waals surface area contributed by atoms with E-state index in [2.05, 4.69) is 28.5 Å². The van der Waals surface area contributed by atoms with Crippen molar-refractivity contribution in [3.63, 3.8) is 0 Å². The number of aliphatic imine (C=N–C) groups is 1. The molecule has 1 heterocycles. The van der Waals surface area contributed by atoms with Gasteiger partial charge >= 0.3 is 0 Å². The van der Waals surface area contributed by atoms with Gasteiger partial charge in [0.15, 0.2) is 0 Å². The molecule has 0 fully saturated rings. The van der Waals surface area contributed by atoms with Crippen LogP contribution in [0.1, 0.15) is 33.9 Å². The zero-order chi connectivity index (χ0) is 15.4. The fourth-order valence-corrected chi connectivity index (χ4v) is 3.01. The zero-order valence-electron chi connectivity index (χ0n) is 12.2. The molecule has 3 rings (SSSR count). The number of rotatable bonds is 3. The maximum atomic E-state index is 9.07. The fraction of sp³-hybridized carbons (Fsp3) is 0.222. The van der Waals surface area contributed by atoms with E-state index in [-0.39, 0.29) is 5.25 Å². The van der Waals surface area contributed by atoms with Crippen molar-refractivity contribution in [3.8, 4) is 6.07 Å². The van der Waals surface area contributed by atoms with Crippen molar-refractivity contribution in [1.29, 1.82) is 5.26 Å². The van der Waals surface area contributed by atoms with Gasteiger partial charge in [-0.05, 0) is 29.7 Å². The fourth-order valence-electron chi connectivity index (χ4n) is 2.62. The average molecular weight is 307 g/mol. The largest absolute Gasteiger partial charge is 0.370 e. The SMILES string of the molecule is N#Cc1cccc(C(S)c2ccccc2C2=NCCCN2)c1. The van der Waals surface area contributed by atoms with Gasteiger partial charge < -0.3 is 5.32 Å². The Morgan fingerprint density at radius 3 is 2.82 bits per heavy atom. The van der Waals surface area contributed by atoms with Crippen LogP contribution in [0.25, 0.3) is 0 Å². The van der Waals surface area contributed by atoms with E-state index in [1.54, 1.807) is 0 Å². The van der Waals surface area contributed by atoms with E-state index in [0.717, 1.165) is 42.0 Å². The first-order valence-corrected chi connectivity index (χ1v) is 7.87. The molecular weight excluding hydrogens is 290 g/mol. The van der Waals surface area contributed by atoms with Crippen molar-refractivity contribution >= 4 is 18.5 Å². The predicted molar refractivity (Wildman–Crippen MR) is 92.5 cm³/mol. The van der Waals surface area contributed by atoms with Gasteiger partial charge in [-0.3, -0.25) is 4.99 Å². The molecule has 0 spiro atoms. The standard InChI is InChI=1S/C18H17N3S/c19-12-13-5-3-6-14(11-13)17(22)15-7-1-2-8-16(15)18-20-9-4-10-21-18/h1-3,5-8,11,17,22H,4,9-10H2,(H,20,21). The quantitative estimate of drug-likeness (QED) is 0.855. The van der Waals surface area contributed by atoms with Gasteiger partial charge in [-0.2, -0.15) is 17.9 Å². The van der Waals surface area contributed by atoms with Gasteiger partial charge in [-0.15, -0.1) is 0 Å². The Bertz CT molecular complexity index is 746. The first kappa shape index (κ1) is 14.7. The third-order valence-electron chi connectivity index (χ3n) is 3.74. The lowest BCUT2D eigenvalue weighted by atomic mass is 9.97. The Kier molecular flexibility index (Phi) is 4.45. The van der Waals surface area contributed by atoms with Crippen LogP contribution in [-0.4, -0.2) is 18.9 Å². The van der Waals surface area contributed by atoms with E-state index >= 15 is 0 Å². The first-order valence-electron chi connectivity index (χ1n) is 7.35. The molecule has 110 valence electrons. The topological polar surface area (TPSA) is 48.2 Å². The van der Waals surface area contributed by atoms with E-state index in [0.29, 0.717) is 5.56 Å². The molecule has 1 aliphatic rings. The Labute approximate surface area is 136 Å². The lowest BCUT2D eigenvalue weighted by Crippen LogP contribution is -2.31. The maximum absolute atomic E-state index is 9.07. The van der Waals surface area contributed by atoms with Crippen LogP contribution in [0.5, 0.6) is 0 Å². The van der Waals surface area contributed by atoms with Crippen LogP contribution in [-0.2, 0) is 0 Å². The molecule has 0 saturated heterocycles. The van der Waals surface area contributed by atoms with Gasteiger partial charge in [0, 0.05) is 18.7 Å². The van der Waals surface area contributed by atoms with Crippen molar-refractivity contribution in [2.24, 2.45) is 4.99 Å². The van der Waals surface area contributed by atoms with E-state index in [9.17, 15) is 0 Å². The number of thiol groups is 1. The van der Waals surface area contributed by atoms with Crippen LogP contribution in [0.3, 0.4) is 0 Å². The normalized spacial score (nSPS) is 15.4. The summed E-state index contributed by atoms with van der Waals surface area (Å²) >= 11 is 4.79. The van der Waals surface area contributed by atoms with Gasteiger partial charge in [-0.25, -0.2) is 0 Å². The van der Waals surface area contributed by atoms with Crippen molar-refractivity contribution in [2.45, 2.75) is 11.7 Å². The molecule has 0 radical (unpaired) electrons. The van der Waals surface area contributed by atoms with Crippen molar-refractivity contribution in [3.05, 3.63) is 70.8 Å². The number of nitrogens with zero attached hydrogens (tertiary/aromatic N) is 2. The van der Waals surface area contributed by atoms with Crippen LogP contribution in [0, 0.1) is 11.3 Å². The molecule has 1 unspecified atom stereocenters. The molecule has 0 aromatic heterocycles. The molecular formula is C18H17N3S. The highest BCUT2D eigenvalue weighted by atomic mass is 32.1. The monoisotopic (exact) mass is 307 g/mol. The van der Waals surface area contributed by atoms with Crippen LogP contribution in [0.15, 0.2) is 53.5 Å². The van der Waals surface area contributed by atoms with Crippen LogP contribution in [0.4, 0.5) is 0 Å². The van der Waals surface area contributed by atoms with Gasteiger partial charge in [0.1, 0.15) is 5.84 Å². The zero-order valence-corrected chi connectivity index (χ0v) is 13.1. The second kappa shape index (κ2) is 6.67. The summed E-state index contributed by atoms with van der Waals surface area (Å²) in [4.78, 5) is 4.59. The number of hydrogen-bond acceptors (Lipinski definition) is 4. The van der Waals surface area contributed by atoms with Crippen molar-refractivity contribution in [1.82, 2.24) is 5.32 Å². The molecule has 1 N–H and O–H groups in total. The van der Waals surface area contributed by atoms with Crippen molar-refractivity contribution < 1.29 is 0 Å². The van der Waals surface area contributed by atoms with Gasteiger partial charge in [0.2, 0.25) is 0 Å². The third-order valence-corrected chi connectivity index (χ3v) is 4.32. The molecule has 0 bridgehead atoms. The minimum Gasteiger partial charge on any atom is -0.370 e. The Morgan fingerprint density at radius 2 is 2.05 bits per heavy atom. The summed E-state index contributed by atoms with van der Waals surface area (Å²) in [5.74, 6) is 0.942. The van der Waals surface area contributed by atoms with E-state index in [4.69, 9.17) is 17.9 Å². The smallest absolute Gasteiger partial charge is 0.128 e. The number of nitriles is 1. The lowest BCUT2D eigenvalue weighted by Gasteiger charge is -2.20. The molecule has 2 aromatic carbocycles. The second-order valence-electron chi connectivity index (χ2n) is 5.24. The Hall–Kier alpha value is -2.25. The summed E-state index contributed by atoms with van der Waals surface area (Å²) in [6, 6.07) is 18.0. The molecule has 22 heavy (non-hydrogen) atoms. The molecule has 0 saturated carbocycles. The number of nitrogens with one attached hydrogen (secondary N) is 1. The lowest BCUT2D eigenvalue weighted by molar-refractivity contribution is 0.741. The van der Waals surface area contributed by atoms with E-state index in [1.807, 2.05) is 36.4 Å². The summed E-state index contributed by atoms with van der Waals surface area (Å²) in [6.07, 6.45) is 1.07. The Balaban J connectivity index is 2.00. The average Bonchev–Trinajstić information content (AvgIpc) is 2.62. The molecule has 1 atom stereocenters. The molecule has 1 aliphatic heterocycles. The maximum Gasteiger partial charge on any atom is 0.128 e. The summed E-state index contributed by atoms with van der Waals surface area (Å²) in [6.45, 7) is 1.81. The minimum absolute atomic E-state index is 0.0871.